The first-order valence-electron chi connectivity index (χ1n) is 5.59. The first kappa shape index (κ1) is 10.4. The molecule has 0 aromatic carbocycles. The number of aromatic nitrogens is 3. The van der Waals surface area contributed by atoms with Crippen molar-refractivity contribution in [2.45, 2.75) is 5.41 Å². The van der Waals surface area contributed by atoms with Gasteiger partial charge >= 0.3 is 0 Å². The van der Waals surface area contributed by atoms with Crippen LogP contribution in [0.2, 0.25) is 0 Å². The van der Waals surface area contributed by atoms with Crippen LogP contribution in [-0.2, 0) is 10.2 Å². The van der Waals surface area contributed by atoms with Crippen LogP contribution < -0.4 is 5.73 Å². The molecule has 0 amide bonds. The highest BCUT2D eigenvalue weighted by atomic mass is 16.5. The zero-order valence-corrected chi connectivity index (χ0v) is 9.39. The molecule has 0 atom stereocenters. The summed E-state index contributed by atoms with van der Waals surface area (Å²) < 4.78 is 5.25. The fourth-order valence-corrected chi connectivity index (χ4v) is 1.94. The standard InChI is InChI=1S/C12H14N4O/c13-6-12(7-17-8-12)11-15-5-3-10(16-11)9-2-1-4-14-9/h1-5,14H,6-8,13H2. The van der Waals surface area contributed by atoms with Crippen molar-refractivity contribution in [3.05, 3.63) is 36.4 Å². The summed E-state index contributed by atoms with van der Waals surface area (Å²) in [6, 6.07) is 5.82. The van der Waals surface area contributed by atoms with E-state index in [0.29, 0.717) is 19.8 Å². The quantitative estimate of drug-likeness (QED) is 0.813. The van der Waals surface area contributed by atoms with Crippen molar-refractivity contribution in [2.75, 3.05) is 19.8 Å². The molecule has 3 N–H and O–H groups in total. The molecular weight excluding hydrogens is 216 g/mol. The highest BCUT2D eigenvalue weighted by Gasteiger charge is 2.42. The Bertz CT molecular complexity index is 499. The van der Waals surface area contributed by atoms with Gasteiger partial charge in [-0.1, -0.05) is 0 Å². The number of rotatable bonds is 3. The van der Waals surface area contributed by atoms with Crippen LogP contribution in [0.25, 0.3) is 11.4 Å². The SMILES string of the molecule is NCC1(c2nccc(-c3ccc[nH]3)n2)COC1. The number of hydrogen-bond acceptors (Lipinski definition) is 4. The maximum absolute atomic E-state index is 5.80. The smallest absolute Gasteiger partial charge is 0.141 e. The van der Waals surface area contributed by atoms with Gasteiger partial charge in [0.1, 0.15) is 5.82 Å². The number of nitrogens with one attached hydrogen (secondary N) is 1. The van der Waals surface area contributed by atoms with Crippen LogP contribution in [0.3, 0.4) is 0 Å². The van der Waals surface area contributed by atoms with Gasteiger partial charge in [0.05, 0.1) is 30.0 Å². The van der Waals surface area contributed by atoms with Gasteiger partial charge in [0.15, 0.2) is 0 Å². The van der Waals surface area contributed by atoms with Crippen LogP contribution in [0.5, 0.6) is 0 Å². The van der Waals surface area contributed by atoms with E-state index in [9.17, 15) is 0 Å². The van der Waals surface area contributed by atoms with Crippen molar-refractivity contribution < 1.29 is 4.74 Å². The average molecular weight is 230 g/mol. The van der Waals surface area contributed by atoms with E-state index in [1.807, 2.05) is 24.4 Å². The first-order chi connectivity index (χ1) is 8.34. The fourth-order valence-electron chi connectivity index (χ4n) is 1.94. The summed E-state index contributed by atoms with van der Waals surface area (Å²) in [6.45, 7) is 1.73. The van der Waals surface area contributed by atoms with Crippen molar-refractivity contribution in [1.29, 1.82) is 0 Å². The summed E-state index contributed by atoms with van der Waals surface area (Å²) in [6.07, 6.45) is 3.65. The molecule has 1 aliphatic rings. The molecule has 0 radical (unpaired) electrons. The van der Waals surface area contributed by atoms with E-state index in [4.69, 9.17) is 10.5 Å². The van der Waals surface area contributed by atoms with E-state index in [1.165, 1.54) is 0 Å². The number of nitrogens with two attached hydrogens (primary N) is 1. The molecule has 0 bridgehead atoms. The summed E-state index contributed by atoms with van der Waals surface area (Å²) in [4.78, 5) is 12.0. The second kappa shape index (κ2) is 3.94. The Kier molecular flexibility index (Phi) is 2.42. The second-order valence-electron chi connectivity index (χ2n) is 4.33. The normalized spacial score (nSPS) is 17.7. The third-order valence-electron chi connectivity index (χ3n) is 3.15. The molecule has 0 saturated carbocycles. The first-order valence-corrected chi connectivity index (χ1v) is 5.59. The van der Waals surface area contributed by atoms with Gasteiger partial charge in [-0.25, -0.2) is 9.97 Å². The number of ether oxygens (including phenoxy) is 1. The molecule has 0 spiro atoms. The molecule has 17 heavy (non-hydrogen) atoms. The molecule has 3 rings (SSSR count). The van der Waals surface area contributed by atoms with E-state index < -0.39 is 0 Å². The van der Waals surface area contributed by atoms with Crippen molar-refractivity contribution in [2.24, 2.45) is 5.73 Å². The van der Waals surface area contributed by atoms with E-state index in [-0.39, 0.29) is 5.41 Å². The largest absolute Gasteiger partial charge is 0.379 e. The molecule has 0 aliphatic carbocycles. The maximum Gasteiger partial charge on any atom is 0.141 e. The highest BCUT2D eigenvalue weighted by Crippen LogP contribution is 2.29. The molecular formula is C12H14N4O. The van der Waals surface area contributed by atoms with Crippen LogP contribution >= 0.6 is 0 Å². The summed E-state index contributed by atoms with van der Waals surface area (Å²) in [7, 11) is 0. The molecule has 1 fully saturated rings. The fraction of sp³-hybridized carbons (Fsp3) is 0.333. The number of aromatic amines is 1. The summed E-state index contributed by atoms with van der Waals surface area (Å²) in [5.41, 5.74) is 7.49. The van der Waals surface area contributed by atoms with Gasteiger partial charge in [0.2, 0.25) is 0 Å². The minimum absolute atomic E-state index is 0.192. The third kappa shape index (κ3) is 1.64. The van der Waals surface area contributed by atoms with Crippen LogP contribution in [0, 0.1) is 0 Å². The molecule has 1 saturated heterocycles. The lowest BCUT2D eigenvalue weighted by molar-refractivity contribution is -0.0593. The Morgan fingerprint density at radius 1 is 1.41 bits per heavy atom. The van der Waals surface area contributed by atoms with Crippen molar-refractivity contribution in [3.8, 4) is 11.4 Å². The van der Waals surface area contributed by atoms with Gasteiger partial charge in [-0.2, -0.15) is 0 Å². The second-order valence-corrected chi connectivity index (χ2v) is 4.33. The lowest BCUT2D eigenvalue weighted by Gasteiger charge is -2.38. The minimum atomic E-state index is -0.192. The number of nitrogens with zero attached hydrogens (tertiary/aromatic N) is 2. The monoisotopic (exact) mass is 230 g/mol. The van der Waals surface area contributed by atoms with Crippen molar-refractivity contribution in [1.82, 2.24) is 15.0 Å². The van der Waals surface area contributed by atoms with Gasteiger partial charge < -0.3 is 15.5 Å². The van der Waals surface area contributed by atoms with E-state index in [0.717, 1.165) is 17.2 Å². The van der Waals surface area contributed by atoms with Crippen molar-refractivity contribution in [3.63, 3.8) is 0 Å². The van der Waals surface area contributed by atoms with E-state index in [1.54, 1.807) is 6.20 Å². The summed E-state index contributed by atoms with van der Waals surface area (Å²) >= 11 is 0. The summed E-state index contributed by atoms with van der Waals surface area (Å²) in [5.74, 6) is 0.776. The summed E-state index contributed by atoms with van der Waals surface area (Å²) in [5, 5.41) is 0. The van der Waals surface area contributed by atoms with Gasteiger partial charge in [0.25, 0.3) is 0 Å². The third-order valence-corrected chi connectivity index (χ3v) is 3.15. The molecule has 3 heterocycles. The van der Waals surface area contributed by atoms with Gasteiger partial charge in [-0.3, -0.25) is 0 Å². The Hall–Kier alpha value is -1.72. The molecule has 2 aromatic rings. The zero-order valence-electron chi connectivity index (χ0n) is 9.39. The Morgan fingerprint density at radius 2 is 2.29 bits per heavy atom. The topological polar surface area (TPSA) is 76.8 Å². The van der Waals surface area contributed by atoms with Gasteiger partial charge in [-0.15, -0.1) is 0 Å². The number of H-pyrrole nitrogens is 1. The lowest BCUT2D eigenvalue weighted by Crippen LogP contribution is -2.53. The van der Waals surface area contributed by atoms with Gasteiger partial charge in [0, 0.05) is 18.9 Å². The molecule has 1 aliphatic heterocycles. The zero-order chi connectivity index (χ0) is 11.7. The van der Waals surface area contributed by atoms with Crippen LogP contribution in [0.15, 0.2) is 30.6 Å². The lowest BCUT2D eigenvalue weighted by atomic mass is 9.85. The van der Waals surface area contributed by atoms with Crippen LogP contribution in [0.1, 0.15) is 5.82 Å². The average Bonchev–Trinajstić information content (AvgIpc) is 2.82. The molecule has 88 valence electrons. The Balaban J connectivity index is 1.99. The van der Waals surface area contributed by atoms with Crippen LogP contribution in [0.4, 0.5) is 0 Å². The number of hydrogen-bond donors (Lipinski definition) is 2. The minimum Gasteiger partial charge on any atom is -0.379 e. The van der Waals surface area contributed by atoms with Crippen LogP contribution in [-0.4, -0.2) is 34.7 Å². The highest BCUT2D eigenvalue weighted by molar-refractivity contribution is 5.53. The van der Waals surface area contributed by atoms with E-state index >= 15 is 0 Å². The molecule has 5 nitrogen and oxygen atoms in total. The predicted octanol–water partition coefficient (Wildman–Crippen LogP) is 0.698. The van der Waals surface area contributed by atoms with E-state index in [2.05, 4.69) is 15.0 Å². The molecule has 2 aromatic heterocycles. The van der Waals surface area contributed by atoms with Crippen molar-refractivity contribution >= 4 is 0 Å². The maximum atomic E-state index is 5.80. The Morgan fingerprint density at radius 3 is 2.88 bits per heavy atom. The molecule has 5 heteroatoms. The predicted molar refractivity (Wildman–Crippen MR) is 63.4 cm³/mol. The molecule has 0 unspecified atom stereocenters. The Labute approximate surface area is 99.0 Å². The van der Waals surface area contributed by atoms with Gasteiger partial charge in [-0.05, 0) is 18.2 Å².